The third-order valence-corrected chi connectivity index (χ3v) is 5.65. The molecule has 0 radical (unpaired) electrons. The van der Waals surface area contributed by atoms with E-state index in [4.69, 9.17) is 0 Å². The van der Waals surface area contributed by atoms with Crippen LogP contribution < -0.4 is 10.6 Å². The van der Waals surface area contributed by atoms with Crippen molar-refractivity contribution < 1.29 is 13.2 Å². The number of guanidine groups is 1. The van der Waals surface area contributed by atoms with Gasteiger partial charge in [-0.25, -0.2) is 0 Å². The van der Waals surface area contributed by atoms with Gasteiger partial charge in [-0.1, -0.05) is 12.8 Å². The van der Waals surface area contributed by atoms with Crippen molar-refractivity contribution in [3.05, 3.63) is 0 Å². The molecule has 0 aromatic carbocycles. The van der Waals surface area contributed by atoms with Crippen LogP contribution in [0.25, 0.3) is 0 Å². The van der Waals surface area contributed by atoms with Crippen molar-refractivity contribution >= 4 is 5.96 Å². The van der Waals surface area contributed by atoms with Gasteiger partial charge in [0.25, 0.3) is 0 Å². The van der Waals surface area contributed by atoms with Crippen molar-refractivity contribution in [2.24, 2.45) is 10.9 Å². The Labute approximate surface area is 156 Å². The van der Waals surface area contributed by atoms with E-state index in [1.54, 1.807) is 7.05 Å². The number of rotatable bonds is 7. The first-order valence-electron chi connectivity index (χ1n) is 10.3. The van der Waals surface area contributed by atoms with Gasteiger partial charge < -0.3 is 15.5 Å². The highest BCUT2D eigenvalue weighted by Gasteiger charge is 2.41. The Morgan fingerprint density at radius 2 is 1.69 bits per heavy atom. The van der Waals surface area contributed by atoms with Gasteiger partial charge in [-0.05, 0) is 71.0 Å². The summed E-state index contributed by atoms with van der Waals surface area (Å²) in [6, 6.07) is 0.0962. The lowest BCUT2D eigenvalue weighted by Crippen LogP contribution is -2.46. The molecule has 0 spiro atoms. The van der Waals surface area contributed by atoms with Crippen LogP contribution in [0.3, 0.4) is 0 Å². The Balaban J connectivity index is 1.53. The average Bonchev–Trinajstić information content (AvgIpc) is 2.64. The molecule has 1 saturated heterocycles. The van der Waals surface area contributed by atoms with Crippen molar-refractivity contribution in [3.63, 3.8) is 0 Å². The van der Waals surface area contributed by atoms with Crippen LogP contribution >= 0.6 is 0 Å². The molecule has 1 heterocycles. The smallest absolute Gasteiger partial charge is 0.356 e. The molecule has 7 heteroatoms. The van der Waals surface area contributed by atoms with Crippen molar-refractivity contribution in [2.45, 2.75) is 76.4 Å². The SMILES string of the molecule is CN=C(NCCCCCN1CCCCC1)NC1CCC(C(F)(F)F)CC1. The third kappa shape index (κ3) is 7.72. The minimum atomic E-state index is -4.04. The monoisotopic (exact) mass is 376 g/mol. The molecule has 26 heavy (non-hydrogen) atoms. The molecule has 152 valence electrons. The Kier molecular flexibility index (Phi) is 9.02. The van der Waals surface area contributed by atoms with E-state index in [1.165, 1.54) is 51.7 Å². The van der Waals surface area contributed by atoms with Crippen LogP contribution in [0.4, 0.5) is 13.2 Å². The number of unbranched alkanes of at least 4 members (excludes halogenated alkanes) is 2. The lowest BCUT2D eigenvalue weighted by molar-refractivity contribution is -0.182. The Morgan fingerprint density at radius 3 is 2.31 bits per heavy atom. The fraction of sp³-hybridized carbons (Fsp3) is 0.947. The van der Waals surface area contributed by atoms with E-state index in [0.29, 0.717) is 12.8 Å². The van der Waals surface area contributed by atoms with Gasteiger partial charge >= 0.3 is 6.18 Å². The van der Waals surface area contributed by atoms with E-state index in [-0.39, 0.29) is 18.9 Å². The quantitative estimate of drug-likeness (QED) is 0.402. The number of alkyl halides is 3. The molecule has 2 fully saturated rings. The van der Waals surface area contributed by atoms with Crippen LogP contribution in [0, 0.1) is 5.92 Å². The molecule has 0 unspecified atom stereocenters. The summed E-state index contributed by atoms with van der Waals surface area (Å²) in [6.07, 6.45) is 5.08. The summed E-state index contributed by atoms with van der Waals surface area (Å²) >= 11 is 0. The topological polar surface area (TPSA) is 39.7 Å². The number of nitrogens with one attached hydrogen (secondary N) is 2. The summed E-state index contributed by atoms with van der Waals surface area (Å²) in [5, 5.41) is 6.58. The van der Waals surface area contributed by atoms with Gasteiger partial charge in [-0.3, -0.25) is 4.99 Å². The maximum absolute atomic E-state index is 12.7. The van der Waals surface area contributed by atoms with Crippen LogP contribution in [0.1, 0.15) is 64.2 Å². The molecule has 1 saturated carbocycles. The third-order valence-electron chi connectivity index (χ3n) is 5.65. The van der Waals surface area contributed by atoms with E-state index in [2.05, 4.69) is 20.5 Å². The van der Waals surface area contributed by atoms with Crippen LogP contribution in [0.15, 0.2) is 4.99 Å². The van der Waals surface area contributed by atoms with E-state index in [9.17, 15) is 13.2 Å². The summed E-state index contributed by atoms with van der Waals surface area (Å²) < 4.78 is 38.2. The van der Waals surface area contributed by atoms with Crippen LogP contribution in [-0.4, -0.2) is 56.3 Å². The van der Waals surface area contributed by atoms with E-state index < -0.39 is 12.1 Å². The number of piperidine rings is 1. The standard InChI is InChI=1S/C19H35F3N4/c1-23-18(25-17-10-8-16(9-11-17)19(20,21)22)24-12-4-2-5-13-26-14-6-3-7-15-26/h16-17H,2-15H2,1H3,(H2,23,24,25). The first kappa shape index (κ1) is 21.3. The average molecular weight is 377 g/mol. The molecule has 4 nitrogen and oxygen atoms in total. The van der Waals surface area contributed by atoms with Gasteiger partial charge in [0.1, 0.15) is 0 Å². The van der Waals surface area contributed by atoms with Crippen molar-refractivity contribution in [2.75, 3.05) is 33.2 Å². The number of halogens is 3. The molecule has 1 aliphatic carbocycles. The molecule has 2 N–H and O–H groups in total. The van der Waals surface area contributed by atoms with Crippen LogP contribution in [-0.2, 0) is 0 Å². The second-order valence-electron chi connectivity index (χ2n) is 7.70. The summed E-state index contributed by atoms with van der Waals surface area (Å²) in [7, 11) is 1.72. The van der Waals surface area contributed by atoms with E-state index in [1.807, 2.05) is 0 Å². The van der Waals surface area contributed by atoms with Crippen LogP contribution in [0.5, 0.6) is 0 Å². The molecule has 0 amide bonds. The zero-order valence-electron chi connectivity index (χ0n) is 16.1. The van der Waals surface area contributed by atoms with Crippen molar-refractivity contribution in [1.82, 2.24) is 15.5 Å². The maximum Gasteiger partial charge on any atom is 0.391 e. The summed E-state index contributed by atoms with van der Waals surface area (Å²) in [5.74, 6) is -0.410. The molecule has 2 aliphatic rings. The van der Waals surface area contributed by atoms with Gasteiger partial charge in [-0.2, -0.15) is 13.2 Å². The molecule has 1 aliphatic heterocycles. The molecule has 0 bridgehead atoms. The van der Waals surface area contributed by atoms with Crippen molar-refractivity contribution in [3.8, 4) is 0 Å². The Hall–Kier alpha value is -0.980. The van der Waals surface area contributed by atoms with Crippen LogP contribution in [0.2, 0.25) is 0 Å². The lowest BCUT2D eigenvalue weighted by Gasteiger charge is -2.31. The van der Waals surface area contributed by atoms with Gasteiger partial charge in [0, 0.05) is 19.6 Å². The fourth-order valence-electron chi connectivity index (χ4n) is 3.98. The number of likely N-dealkylation sites (tertiary alicyclic amines) is 1. The molecular weight excluding hydrogens is 341 g/mol. The second kappa shape index (κ2) is 11.0. The molecule has 0 atom stereocenters. The minimum Gasteiger partial charge on any atom is -0.356 e. The number of aliphatic imine (C=N–C) groups is 1. The highest BCUT2D eigenvalue weighted by Crippen LogP contribution is 2.37. The summed E-state index contributed by atoms with van der Waals surface area (Å²) in [6.45, 7) is 4.57. The number of hydrogen-bond donors (Lipinski definition) is 2. The number of nitrogens with zero attached hydrogens (tertiary/aromatic N) is 2. The van der Waals surface area contributed by atoms with E-state index in [0.717, 1.165) is 18.9 Å². The zero-order valence-corrected chi connectivity index (χ0v) is 16.1. The first-order chi connectivity index (χ1) is 12.5. The Bertz CT molecular complexity index is 411. The normalized spacial score (nSPS) is 25.9. The molecule has 2 rings (SSSR count). The molecule has 0 aromatic heterocycles. The summed E-state index contributed by atoms with van der Waals surface area (Å²) in [5.41, 5.74) is 0. The predicted molar refractivity (Wildman–Crippen MR) is 100 cm³/mol. The largest absolute Gasteiger partial charge is 0.391 e. The zero-order chi connectivity index (χ0) is 18.8. The highest BCUT2D eigenvalue weighted by atomic mass is 19.4. The molecule has 0 aromatic rings. The predicted octanol–water partition coefficient (Wildman–Crippen LogP) is 3.93. The first-order valence-corrected chi connectivity index (χ1v) is 10.3. The maximum atomic E-state index is 12.7. The van der Waals surface area contributed by atoms with Gasteiger partial charge in [-0.15, -0.1) is 0 Å². The highest BCUT2D eigenvalue weighted by molar-refractivity contribution is 5.79. The number of hydrogen-bond acceptors (Lipinski definition) is 2. The van der Waals surface area contributed by atoms with E-state index >= 15 is 0 Å². The van der Waals surface area contributed by atoms with Gasteiger partial charge in [0.05, 0.1) is 5.92 Å². The molecular formula is C19H35F3N4. The fourth-order valence-corrected chi connectivity index (χ4v) is 3.98. The lowest BCUT2D eigenvalue weighted by atomic mass is 9.85. The summed E-state index contributed by atoms with van der Waals surface area (Å²) in [4.78, 5) is 6.77. The van der Waals surface area contributed by atoms with Crippen molar-refractivity contribution in [1.29, 1.82) is 0 Å². The minimum absolute atomic E-state index is 0.0962. The Morgan fingerprint density at radius 1 is 1.00 bits per heavy atom. The van der Waals surface area contributed by atoms with Gasteiger partial charge in [0.2, 0.25) is 0 Å². The second-order valence-corrected chi connectivity index (χ2v) is 7.70. The van der Waals surface area contributed by atoms with Gasteiger partial charge in [0.15, 0.2) is 5.96 Å².